The van der Waals surface area contributed by atoms with E-state index in [1.807, 2.05) is 6.07 Å². The van der Waals surface area contributed by atoms with Gasteiger partial charge in [0.1, 0.15) is 0 Å². The molecule has 1 heterocycles. The van der Waals surface area contributed by atoms with Crippen LogP contribution in [-0.2, 0) is 6.54 Å². The minimum atomic E-state index is -0.489. The van der Waals surface area contributed by atoms with E-state index in [4.69, 9.17) is 12.2 Å². The third kappa shape index (κ3) is 4.55. The number of aryl methyl sites for hydroxylation is 1. The molecule has 0 radical (unpaired) electrons. The number of nitro benzene ring substituents is 1. The summed E-state index contributed by atoms with van der Waals surface area (Å²) in [5.41, 5.74) is 1.62. The number of rotatable bonds is 4. The van der Waals surface area contributed by atoms with Gasteiger partial charge >= 0.3 is 0 Å². The van der Waals surface area contributed by atoms with Crippen LogP contribution < -0.4 is 10.6 Å². The normalized spacial score (nSPS) is 9.96. The van der Waals surface area contributed by atoms with Crippen LogP contribution in [-0.4, -0.2) is 20.9 Å². The van der Waals surface area contributed by atoms with E-state index in [1.165, 1.54) is 18.2 Å². The van der Waals surface area contributed by atoms with E-state index < -0.39 is 10.8 Å². The van der Waals surface area contributed by atoms with E-state index in [0.717, 1.165) is 5.56 Å². The van der Waals surface area contributed by atoms with Crippen LogP contribution >= 0.6 is 12.2 Å². The van der Waals surface area contributed by atoms with E-state index in [-0.39, 0.29) is 10.8 Å². The van der Waals surface area contributed by atoms with E-state index in [0.29, 0.717) is 17.7 Å². The fourth-order valence-corrected chi connectivity index (χ4v) is 2.07. The van der Waals surface area contributed by atoms with Crippen LogP contribution in [0.4, 0.5) is 5.69 Å². The minimum Gasteiger partial charge on any atom is -0.358 e. The standard InChI is InChI=1S/C15H14N4O3S/c1-10-7-12(4-5-13(10)19(21)22)14(20)18-15(23)17-9-11-3-2-6-16-8-11/h2-8H,9H2,1H3,(H2,17,18,20,23). The Balaban J connectivity index is 1.94. The van der Waals surface area contributed by atoms with Crippen LogP contribution in [0.2, 0.25) is 0 Å². The number of hydrogen-bond donors (Lipinski definition) is 2. The van der Waals surface area contributed by atoms with E-state index in [1.54, 1.807) is 25.4 Å². The number of thiocarbonyl (C=S) groups is 1. The first kappa shape index (κ1) is 16.5. The molecule has 118 valence electrons. The Morgan fingerprint density at radius 1 is 1.39 bits per heavy atom. The zero-order valence-corrected chi connectivity index (χ0v) is 13.1. The second kappa shape index (κ2) is 7.41. The number of pyridine rings is 1. The van der Waals surface area contributed by atoms with Gasteiger partial charge in [-0.05, 0) is 42.9 Å². The topological polar surface area (TPSA) is 97.2 Å². The van der Waals surface area contributed by atoms with E-state index >= 15 is 0 Å². The number of carbonyl (C=O) groups is 1. The summed E-state index contributed by atoms with van der Waals surface area (Å²) in [5.74, 6) is -0.424. The monoisotopic (exact) mass is 330 g/mol. The number of carbonyl (C=O) groups excluding carboxylic acids is 1. The van der Waals surface area contributed by atoms with Crippen molar-refractivity contribution in [3.63, 3.8) is 0 Å². The molecule has 23 heavy (non-hydrogen) atoms. The lowest BCUT2D eigenvalue weighted by Crippen LogP contribution is -2.38. The lowest BCUT2D eigenvalue weighted by Gasteiger charge is -2.09. The Morgan fingerprint density at radius 2 is 2.17 bits per heavy atom. The first-order valence-corrected chi connectivity index (χ1v) is 7.11. The molecular weight excluding hydrogens is 316 g/mol. The number of nitrogens with zero attached hydrogens (tertiary/aromatic N) is 2. The van der Waals surface area contributed by atoms with Crippen molar-refractivity contribution in [2.75, 3.05) is 0 Å². The van der Waals surface area contributed by atoms with Gasteiger partial charge in [0.15, 0.2) is 5.11 Å². The van der Waals surface area contributed by atoms with Crippen molar-refractivity contribution < 1.29 is 9.72 Å². The molecule has 8 heteroatoms. The van der Waals surface area contributed by atoms with Crippen molar-refractivity contribution in [1.29, 1.82) is 0 Å². The number of aromatic nitrogens is 1. The highest BCUT2D eigenvalue weighted by Gasteiger charge is 2.14. The Hall–Kier alpha value is -2.87. The number of hydrogen-bond acceptors (Lipinski definition) is 5. The van der Waals surface area contributed by atoms with Crippen LogP contribution in [0.5, 0.6) is 0 Å². The van der Waals surface area contributed by atoms with Gasteiger partial charge < -0.3 is 5.32 Å². The van der Waals surface area contributed by atoms with Gasteiger partial charge in [-0.15, -0.1) is 0 Å². The second-order valence-electron chi connectivity index (χ2n) is 4.76. The maximum Gasteiger partial charge on any atom is 0.272 e. The highest BCUT2D eigenvalue weighted by molar-refractivity contribution is 7.80. The maximum atomic E-state index is 12.1. The molecule has 7 nitrogen and oxygen atoms in total. The predicted octanol–water partition coefficient (Wildman–Crippen LogP) is 2.10. The molecule has 0 aliphatic carbocycles. The fourth-order valence-electron chi connectivity index (χ4n) is 1.91. The van der Waals surface area contributed by atoms with Gasteiger partial charge in [0.05, 0.1) is 4.92 Å². The molecule has 0 spiro atoms. The molecule has 0 saturated carbocycles. The predicted molar refractivity (Wildman–Crippen MR) is 89.0 cm³/mol. The fraction of sp³-hybridized carbons (Fsp3) is 0.133. The molecule has 2 N–H and O–H groups in total. The Morgan fingerprint density at radius 3 is 2.78 bits per heavy atom. The van der Waals surface area contributed by atoms with Gasteiger partial charge in [0, 0.05) is 36.1 Å². The zero-order chi connectivity index (χ0) is 16.8. The summed E-state index contributed by atoms with van der Waals surface area (Å²) in [6.45, 7) is 2.01. The lowest BCUT2D eigenvalue weighted by atomic mass is 10.1. The second-order valence-corrected chi connectivity index (χ2v) is 5.16. The SMILES string of the molecule is Cc1cc(C(=O)NC(=S)NCc2cccnc2)ccc1[N+](=O)[O-]. The highest BCUT2D eigenvalue weighted by Crippen LogP contribution is 2.18. The van der Waals surface area contributed by atoms with Crippen LogP contribution in [0.15, 0.2) is 42.7 Å². The first-order valence-electron chi connectivity index (χ1n) is 6.70. The molecule has 0 unspecified atom stereocenters. The van der Waals surface area contributed by atoms with Crippen LogP contribution in [0.25, 0.3) is 0 Å². The molecule has 0 fully saturated rings. The summed E-state index contributed by atoms with van der Waals surface area (Å²) in [6.07, 6.45) is 3.36. The molecule has 1 amide bonds. The molecule has 1 aromatic carbocycles. The summed E-state index contributed by atoms with van der Waals surface area (Å²) in [7, 11) is 0. The van der Waals surface area contributed by atoms with Gasteiger partial charge in [0.25, 0.3) is 11.6 Å². The Bertz CT molecular complexity index is 750. The molecule has 0 atom stereocenters. The number of nitro groups is 1. The van der Waals surface area contributed by atoms with Crippen molar-refractivity contribution in [1.82, 2.24) is 15.6 Å². The summed E-state index contributed by atoms with van der Waals surface area (Å²) >= 11 is 5.06. The van der Waals surface area contributed by atoms with Gasteiger partial charge in [-0.25, -0.2) is 0 Å². The van der Waals surface area contributed by atoms with E-state index in [2.05, 4.69) is 15.6 Å². The molecule has 2 rings (SSSR count). The zero-order valence-electron chi connectivity index (χ0n) is 12.3. The lowest BCUT2D eigenvalue weighted by molar-refractivity contribution is -0.385. The van der Waals surface area contributed by atoms with Gasteiger partial charge in [-0.1, -0.05) is 6.07 Å². The van der Waals surface area contributed by atoms with Crippen molar-refractivity contribution in [3.05, 3.63) is 69.5 Å². The third-order valence-corrected chi connectivity index (χ3v) is 3.31. The average Bonchev–Trinajstić information content (AvgIpc) is 2.53. The summed E-state index contributed by atoms with van der Waals surface area (Å²) in [6, 6.07) is 7.83. The van der Waals surface area contributed by atoms with Crippen molar-refractivity contribution in [2.45, 2.75) is 13.5 Å². The number of amides is 1. The Kier molecular flexibility index (Phi) is 5.32. The summed E-state index contributed by atoms with van der Waals surface area (Å²) in [4.78, 5) is 26.3. The molecule has 2 aromatic rings. The van der Waals surface area contributed by atoms with Gasteiger partial charge in [-0.2, -0.15) is 0 Å². The third-order valence-electron chi connectivity index (χ3n) is 3.06. The minimum absolute atomic E-state index is 0.0289. The largest absolute Gasteiger partial charge is 0.358 e. The summed E-state index contributed by atoms with van der Waals surface area (Å²) < 4.78 is 0. The smallest absolute Gasteiger partial charge is 0.272 e. The number of benzene rings is 1. The van der Waals surface area contributed by atoms with Crippen molar-refractivity contribution >= 4 is 28.9 Å². The summed E-state index contributed by atoms with van der Waals surface area (Å²) in [5, 5.41) is 16.4. The van der Waals surface area contributed by atoms with Crippen LogP contribution in [0.3, 0.4) is 0 Å². The number of nitrogens with one attached hydrogen (secondary N) is 2. The van der Waals surface area contributed by atoms with E-state index in [9.17, 15) is 14.9 Å². The molecule has 0 aliphatic heterocycles. The van der Waals surface area contributed by atoms with Crippen molar-refractivity contribution in [2.24, 2.45) is 0 Å². The molecule has 0 saturated heterocycles. The average molecular weight is 330 g/mol. The highest BCUT2D eigenvalue weighted by atomic mass is 32.1. The Labute approximate surface area is 137 Å². The molecule has 0 bridgehead atoms. The van der Waals surface area contributed by atoms with Crippen LogP contribution in [0, 0.1) is 17.0 Å². The first-order chi connectivity index (χ1) is 11.0. The molecule has 0 aliphatic rings. The quantitative estimate of drug-likeness (QED) is 0.506. The molecule has 1 aromatic heterocycles. The van der Waals surface area contributed by atoms with Crippen LogP contribution in [0.1, 0.15) is 21.5 Å². The van der Waals surface area contributed by atoms with Gasteiger partial charge in [0.2, 0.25) is 0 Å². The molecular formula is C15H14N4O3S. The van der Waals surface area contributed by atoms with Crippen molar-refractivity contribution in [3.8, 4) is 0 Å². The maximum absolute atomic E-state index is 12.1. The van der Waals surface area contributed by atoms with Gasteiger partial charge in [-0.3, -0.25) is 25.2 Å².